The number of nitrogens with two attached hydrogens (primary N) is 1. The van der Waals surface area contributed by atoms with Gasteiger partial charge in [-0.1, -0.05) is 29.3 Å². The molecule has 0 amide bonds. The van der Waals surface area contributed by atoms with Crippen molar-refractivity contribution >= 4 is 21.6 Å². The number of anilines is 1. The third-order valence-corrected chi connectivity index (χ3v) is 4.11. The predicted molar refractivity (Wildman–Crippen MR) is 75.2 cm³/mol. The Morgan fingerprint density at radius 2 is 2.12 bits per heavy atom. The second-order valence-corrected chi connectivity index (χ2v) is 5.71. The maximum absolute atomic E-state index is 6.10. The van der Waals surface area contributed by atoms with E-state index in [4.69, 9.17) is 10.5 Å². The highest BCUT2D eigenvalue weighted by Crippen LogP contribution is 2.33. The number of halogens is 1. The largest absolute Gasteiger partial charge is 0.488 e. The fourth-order valence-corrected chi connectivity index (χ4v) is 2.96. The van der Waals surface area contributed by atoms with Gasteiger partial charge in [0.15, 0.2) is 0 Å². The van der Waals surface area contributed by atoms with Gasteiger partial charge in [-0.2, -0.15) is 0 Å². The normalized spacial score (nSPS) is 24.6. The molecule has 1 aromatic rings. The molecule has 3 heteroatoms. The first kappa shape index (κ1) is 12.7. The molecule has 0 spiro atoms. The van der Waals surface area contributed by atoms with E-state index in [1.165, 1.54) is 25.7 Å². The molecule has 0 saturated heterocycles. The van der Waals surface area contributed by atoms with Gasteiger partial charge in [-0.05, 0) is 49.8 Å². The summed E-state index contributed by atoms with van der Waals surface area (Å²) in [6.07, 6.45) is 6.61. The van der Waals surface area contributed by atoms with Crippen LogP contribution in [0.2, 0.25) is 0 Å². The number of nitrogen functional groups attached to an aromatic ring is 1. The minimum atomic E-state index is 0.345. The van der Waals surface area contributed by atoms with Gasteiger partial charge in [0.25, 0.3) is 0 Å². The maximum atomic E-state index is 6.10. The number of benzene rings is 1. The summed E-state index contributed by atoms with van der Waals surface area (Å²) in [4.78, 5) is 0. The van der Waals surface area contributed by atoms with Crippen molar-refractivity contribution in [2.45, 2.75) is 45.1 Å². The third-order valence-electron chi connectivity index (χ3n) is 3.61. The molecule has 17 heavy (non-hydrogen) atoms. The smallest absolute Gasteiger partial charge is 0.142 e. The fraction of sp³-hybridized carbons (Fsp3) is 0.571. The molecule has 2 atom stereocenters. The van der Waals surface area contributed by atoms with Gasteiger partial charge in [0.2, 0.25) is 0 Å². The summed E-state index contributed by atoms with van der Waals surface area (Å²) >= 11 is 3.41. The van der Waals surface area contributed by atoms with E-state index in [0.717, 1.165) is 22.3 Å². The van der Waals surface area contributed by atoms with Gasteiger partial charge >= 0.3 is 0 Å². The number of rotatable bonds is 3. The van der Waals surface area contributed by atoms with E-state index in [1.807, 2.05) is 18.2 Å². The summed E-state index contributed by atoms with van der Waals surface area (Å²) in [6.45, 7) is 2.25. The van der Waals surface area contributed by atoms with Crippen LogP contribution < -0.4 is 10.5 Å². The number of ether oxygens (including phenoxy) is 1. The van der Waals surface area contributed by atoms with Crippen LogP contribution in [0.5, 0.6) is 5.75 Å². The van der Waals surface area contributed by atoms with Crippen molar-refractivity contribution < 1.29 is 4.74 Å². The average molecular weight is 298 g/mol. The molecular weight excluding hydrogens is 278 g/mol. The molecule has 1 fully saturated rings. The van der Waals surface area contributed by atoms with E-state index < -0.39 is 0 Å². The zero-order valence-corrected chi connectivity index (χ0v) is 11.9. The van der Waals surface area contributed by atoms with Crippen LogP contribution >= 0.6 is 15.9 Å². The molecule has 0 heterocycles. The van der Waals surface area contributed by atoms with E-state index in [2.05, 4.69) is 22.9 Å². The second kappa shape index (κ2) is 5.76. The molecule has 0 aromatic heterocycles. The van der Waals surface area contributed by atoms with Crippen LogP contribution in [0.3, 0.4) is 0 Å². The molecule has 2 nitrogen and oxygen atoms in total. The van der Waals surface area contributed by atoms with E-state index in [1.54, 1.807) is 0 Å². The standard InChI is InChI=1S/C14H20BrNO/c1-2-10-5-3-4-6-13(10)17-14-8-7-11(15)9-12(14)16/h7-10,13H,2-6,16H2,1H3. The highest BCUT2D eigenvalue weighted by molar-refractivity contribution is 9.10. The first-order valence-corrected chi connectivity index (χ1v) is 7.21. The van der Waals surface area contributed by atoms with Crippen molar-refractivity contribution in [3.05, 3.63) is 22.7 Å². The van der Waals surface area contributed by atoms with Gasteiger partial charge in [-0.3, -0.25) is 0 Å². The summed E-state index contributed by atoms with van der Waals surface area (Å²) in [5, 5.41) is 0. The quantitative estimate of drug-likeness (QED) is 0.840. The molecule has 1 aliphatic carbocycles. The van der Waals surface area contributed by atoms with Crippen molar-refractivity contribution in [2.24, 2.45) is 5.92 Å². The van der Waals surface area contributed by atoms with E-state index in [0.29, 0.717) is 12.0 Å². The molecule has 2 N–H and O–H groups in total. The first-order chi connectivity index (χ1) is 8.20. The molecule has 2 rings (SSSR count). The minimum Gasteiger partial charge on any atom is -0.488 e. The van der Waals surface area contributed by atoms with Gasteiger partial charge in [0, 0.05) is 4.47 Å². The van der Waals surface area contributed by atoms with Crippen molar-refractivity contribution in [2.75, 3.05) is 5.73 Å². The van der Waals surface area contributed by atoms with Gasteiger partial charge < -0.3 is 10.5 Å². The number of hydrogen-bond acceptors (Lipinski definition) is 2. The lowest BCUT2D eigenvalue weighted by atomic mass is 9.85. The maximum Gasteiger partial charge on any atom is 0.142 e. The van der Waals surface area contributed by atoms with Crippen molar-refractivity contribution in [3.8, 4) is 5.75 Å². The van der Waals surface area contributed by atoms with Crippen LogP contribution in [0.25, 0.3) is 0 Å². The summed E-state index contributed by atoms with van der Waals surface area (Å²) in [6, 6.07) is 5.84. The van der Waals surface area contributed by atoms with Crippen LogP contribution in [0, 0.1) is 5.92 Å². The highest BCUT2D eigenvalue weighted by atomic mass is 79.9. The van der Waals surface area contributed by atoms with E-state index in [9.17, 15) is 0 Å². The SMILES string of the molecule is CCC1CCCCC1Oc1ccc(Br)cc1N. The second-order valence-electron chi connectivity index (χ2n) is 4.79. The van der Waals surface area contributed by atoms with Gasteiger partial charge in [0.1, 0.15) is 11.9 Å². The van der Waals surface area contributed by atoms with Gasteiger partial charge in [0.05, 0.1) is 5.69 Å². The third kappa shape index (κ3) is 3.15. The molecule has 94 valence electrons. The molecule has 0 bridgehead atoms. The lowest BCUT2D eigenvalue weighted by molar-refractivity contribution is 0.0911. The Hall–Kier alpha value is -0.700. The molecule has 1 aromatic carbocycles. The Morgan fingerprint density at radius 3 is 2.82 bits per heavy atom. The molecule has 1 saturated carbocycles. The van der Waals surface area contributed by atoms with Crippen LogP contribution in [-0.2, 0) is 0 Å². The Labute approximate surface area is 112 Å². The molecule has 1 aliphatic rings. The lowest BCUT2D eigenvalue weighted by Gasteiger charge is -2.31. The zero-order chi connectivity index (χ0) is 12.3. The zero-order valence-electron chi connectivity index (χ0n) is 10.3. The summed E-state index contributed by atoms with van der Waals surface area (Å²) < 4.78 is 7.10. The summed E-state index contributed by atoms with van der Waals surface area (Å²) in [5.74, 6) is 1.52. The Kier molecular flexibility index (Phi) is 4.32. The average Bonchev–Trinajstić information content (AvgIpc) is 2.33. The van der Waals surface area contributed by atoms with Gasteiger partial charge in [-0.25, -0.2) is 0 Å². The van der Waals surface area contributed by atoms with Crippen LogP contribution in [0.1, 0.15) is 39.0 Å². The van der Waals surface area contributed by atoms with Crippen molar-refractivity contribution in [1.29, 1.82) is 0 Å². The molecule has 0 radical (unpaired) electrons. The summed E-state index contributed by atoms with van der Waals surface area (Å²) in [5.41, 5.74) is 6.69. The highest BCUT2D eigenvalue weighted by Gasteiger charge is 2.25. The van der Waals surface area contributed by atoms with Crippen molar-refractivity contribution in [1.82, 2.24) is 0 Å². The van der Waals surface area contributed by atoms with Crippen LogP contribution in [-0.4, -0.2) is 6.10 Å². The molecule has 0 aliphatic heterocycles. The fourth-order valence-electron chi connectivity index (χ4n) is 2.59. The van der Waals surface area contributed by atoms with Gasteiger partial charge in [-0.15, -0.1) is 0 Å². The first-order valence-electron chi connectivity index (χ1n) is 6.42. The van der Waals surface area contributed by atoms with Crippen LogP contribution in [0.4, 0.5) is 5.69 Å². The van der Waals surface area contributed by atoms with E-state index in [-0.39, 0.29) is 0 Å². The van der Waals surface area contributed by atoms with E-state index >= 15 is 0 Å². The Morgan fingerprint density at radius 1 is 1.35 bits per heavy atom. The topological polar surface area (TPSA) is 35.2 Å². The van der Waals surface area contributed by atoms with Crippen molar-refractivity contribution in [3.63, 3.8) is 0 Å². The number of hydrogen-bond donors (Lipinski definition) is 1. The summed E-state index contributed by atoms with van der Waals surface area (Å²) in [7, 11) is 0. The lowest BCUT2D eigenvalue weighted by Crippen LogP contribution is -2.30. The predicted octanol–water partition coefficient (Wildman–Crippen LogP) is 4.38. The minimum absolute atomic E-state index is 0.345. The Balaban J connectivity index is 2.08. The van der Waals surface area contributed by atoms with Crippen LogP contribution in [0.15, 0.2) is 22.7 Å². The molecular formula is C14H20BrNO. The Bertz CT molecular complexity index is 380. The molecule has 2 unspecified atom stereocenters. The monoisotopic (exact) mass is 297 g/mol.